The number of hydrogen-bond acceptors (Lipinski definition) is 6. The largest absolute Gasteiger partial charge is 0.480 e. The second kappa shape index (κ2) is 9.73. The van der Waals surface area contributed by atoms with Crippen LogP contribution < -0.4 is 5.32 Å². The summed E-state index contributed by atoms with van der Waals surface area (Å²) in [6.07, 6.45) is 0. The molecule has 0 spiro atoms. The van der Waals surface area contributed by atoms with Gasteiger partial charge in [0.15, 0.2) is 0 Å². The summed E-state index contributed by atoms with van der Waals surface area (Å²) < 4.78 is 10.8. The van der Waals surface area contributed by atoms with Gasteiger partial charge in [0.2, 0.25) is 11.6 Å². The Morgan fingerprint density at radius 2 is 1.80 bits per heavy atom. The average molecular weight is 343 g/mol. The van der Waals surface area contributed by atoms with Crippen LogP contribution in [0.2, 0.25) is 0 Å². The van der Waals surface area contributed by atoms with Gasteiger partial charge in [0.05, 0.1) is 19.0 Å². The molecule has 0 unspecified atom stereocenters. The topological polar surface area (TPSA) is 84.9 Å². The standard InChI is InChI=1S/C11H22NO5PS2/c1-5-16-18(19,17-6-2)20-7-9(13)12-10(8(3)4)11(14)15/h8,10H,5-7H2,1-4H3,(H,12,13)(H,14,15)/t10-/m0/s1. The number of amides is 1. The Hall–Kier alpha value is -0.140. The van der Waals surface area contributed by atoms with Gasteiger partial charge in [-0.05, 0) is 31.6 Å². The Kier molecular flexibility index (Phi) is 9.67. The third-order valence-electron chi connectivity index (χ3n) is 2.18. The van der Waals surface area contributed by atoms with E-state index in [1.807, 2.05) is 0 Å². The molecule has 20 heavy (non-hydrogen) atoms. The lowest BCUT2D eigenvalue weighted by Crippen LogP contribution is -2.45. The summed E-state index contributed by atoms with van der Waals surface area (Å²) in [7, 11) is 0. The maximum absolute atomic E-state index is 11.8. The molecule has 0 bridgehead atoms. The summed E-state index contributed by atoms with van der Waals surface area (Å²) in [4.78, 5) is 22.8. The lowest BCUT2D eigenvalue weighted by molar-refractivity contribution is -0.142. The van der Waals surface area contributed by atoms with Crippen LogP contribution in [0.5, 0.6) is 0 Å². The number of rotatable bonds is 10. The molecule has 2 N–H and O–H groups in total. The van der Waals surface area contributed by atoms with Gasteiger partial charge in [-0.2, -0.15) is 0 Å². The molecule has 6 nitrogen and oxygen atoms in total. The Bertz CT molecular complexity index is 368. The predicted octanol–water partition coefficient (Wildman–Crippen LogP) is 2.24. The third-order valence-corrected chi connectivity index (χ3v) is 7.58. The maximum Gasteiger partial charge on any atom is 0.326 e. The van der Waals surface area contributed by atoms with E-state index >= 15 is 0 Å². The SMILES string of the molecule is CCOP(=S)(OCC)SCC(=O)N[C@H](C(=O)O)C(C)C. The average Bonchev–Trinajstić information content (AvgIpc) is 2.33. The van der Waals surface area contributed by atoms with Crippen LogP contribution in [0.3, 0.4) is 0 Å². The van der Waals surface area contributed by atoms with Gasteiger partial charge in [0, 0.05) is 0 Å². The van der Waals surface area contributed by atoms with Crippen molar-refractivity contribution in [3.05, 3.63) is 0 Å². The van der Waals surface area contributed by atoms with E-state index < -0.39 is 17.7 Å². The van der Waals surface area contributed by atoms with Crippen LogP contribution in [0.1, 0.15) is 27.7 Å². The quantitative estimate of drug-likeness (QED) is 0.588. The fraction of sp³-hybridized carbons (Fsp3) is 0.818. The number of carboxylic acid groups (broad SMARTS) is 1. The lowest BCUT2D eigenvalue weighted by atomic mass is 10.1. The molecule has 0 aromatic rings. The molecule has 118 valence electrons. The van der Waals surface area contributed by atoms with E-state index in [4.69, 9.17) is 26.0 Å². The highest BCUT2D eigenvalue weighted by molar-refractivity contribution is 8.68. The summed E-state index contributed by atoms with van der Waals surface area (Å²) in [6.45, 7) is 7.90. The minimum absolute atomic E-state index is 0.0216. The number of carbonyl (C=O) groups excluding carboxylic acids is 1. The van der Waals surface area contributed by atoms with Crippen molar-refractivity contribution in [2.45, 2.75) is 33.7 Å². The second-order valence-corrected chi connectivity index (χ2v) is 10.5. The molecule has 0 saturated heterocycles. The summed E-state index contributed by atoms with van der Waals surface area (Å²) >= 11 is 6.39. The first-order valence-corrected chi connectivity index (χ1v) is 10.5. The molecule has 0 aromatic carbocycles. The Morgan fingerprint density at radius 3 is 2.15 bits per heavy atom. The van der Waals surface area contributed by atoms with Gasteiger partial charge in [-0.25, -0.2) is 4.79 Å². The molecular formula is C11H22NO5PS2. The van der Waals surface area contributed by atoms with Gasteiger partial charge in [0.25, 0.3) is 0 Å². The number of hydrogen-bond donors (Lipinski definition) is 2. The minimum atomic E-state index is -2.52. The van der Waals surface area contributed by atoms with E-state index in [2.05, 4.69) is 5.32 Å². The minimum Gasteiger partial charge on any atom is -0.480 e. The van der Waals surface area contributed by atoms with Crippen molar-refractivity contribution >= 4 is 40.8 Å². The van der Waals surface area contributed by atoms with Gasteiger partial charge in [-0.3, -0.25) is 4.79 Å². The summed E-state index contributed by atoms with van der Waals surface area (Å²) in [6, 6.07) is -0.903. The van der Waals surface area contributed by atoms with Crippen molar-refractivity contribution in [2.24, 2.45) is 5.92 Å². The molecule has 0 aromatic heterocycles. The molecule has 9 heteroatoms. The number of aliphatic carboxylic acids is 1. The molecule has 0 aliphatic carbocycles. The highest BCUT2D eigenvalue weighted by Gasteiger charge is 2.25. The number of carboxylic acids is 1. The number of nitrogens with one attached hydrogen (secondary N) is 1. The van der Waals surface area contributed by atoms with E-state index in [1.54, 1.807) is 27.7 Å². The van der Waals surface area contributed by atoms with Gasteiger partial charge >= 0.3 is 5.97 Å². The molecule has 0 aliphatic heterocycles. The molecule has 0 saturated carbocycles. The predicted molar refractivity (Wildman–Crippen MR) is 84.4 cm³/mol. The molecule has 0 aliphatic rings. The molecular weight excluding hydrogens is 321 g/mol. The molecule has 0 rings (SSSR count). The first kappa shape index (κ1) is 19.9. The Morgan fingerprint density at radius 1 is 1.30 bits per heavy atom. The van der Waals surface area contributed by atoms with Crippen molar-refractivity contribution in [3.63, 3.8) is 0 Å². The van der Waals surface area contributed by atoms with Gasteiger partial charge < -0.3 is 19.5 Å². The van der Waals surface area contributed by atoms with Crippen molar-refractivity contribution in [3.8, 4) is 0 Å². The van der Waals surface area contributed by atoms with Crippen LogP contribution >= 0.6 is 17.1 Å². The zero-order valence-corrected chi connectivity index (χ0v) is 14.6. The number of carbonyl (C=O) groups is 2. The van der Waals surface area contributed by atoms with Crippen molar-refractivity contribution in [2.75, 3.05) is 19.0 Å². The van der Waals surface area contributed by atoms with E-state index in [9.17, 15) is 9.59 Å². The van der Waals surface area contributed by atoms with Crippen LogP contribution in [-0.4, -0.2) is 42.0 Å². The van der Waals surface area contributed by atoms with E-state index in [0.29, 0.717) is 13.2 Å². The van der Waals surface area contributed by atoms with Gasteiger partial charge in [0.1, 0.15) is 6.04 Å². The van der Waals surface area contributed by atoms with Gasteiger partial charge in [-0.15, -0.1) is 0 Å². The van der Waals surface area contributed by atoms with E-state index in [-0.39, 0.29) is 17.6 Å². The van der Waals surface area contributed by atoms with E-state index in [0.717, 1.165) is 11.4 Å². The molecule has 0 radical (unpaired) electrons. The first-order chi connectivity index (χ1) is 9.25. The first-order valence-electron chi connectivity index (χ1n) is 6.31. The highest BCUT2D eigenvalue weighted by Crippen LogP contribution is 2.60. The molecule has 1 atom stereocenters. The summed E-state index contributed by atoms with van der Waals surface area (Å²) in [5.41, 5.74) is -2.52. The molecule has 0 heterocycles. The third kappa shape index (κ3) is 7.59. The van der Waals surface area contributed by atoms with Crippen LogP contribution in [-0.2, 0) is 30.4 Å². The van der Waals surface area contributed by atoms with E-state index in [1.165, 1.54) is 0 Å². The maximum atomic E-state index is 11.8. The Balaban J connectivity index is 4.46. The zero-order valence-electron chi connectivity index (χ0n) is 12.1. The molecule has 0 fully saturated rings. The smallest absolute Gasteiger partial charge is 0.326 e. The van der Waals surface area contributed by atoms with Crippen molar-refractivity contribution < 1.29 is 23.7 Å². The van der Waals surface area contributed by atoms with Gasteiger partial charge in [-0.1, -0.05) is 25.2 Å². The van der Waals surface area contributed by atoms with Crippen molar-refractivity contribution in [1.82, 2.24) is 5.32 Å². The van der Waals surface area contributed by atoms with Crippen LogP contribution in [0.25, 0.3) is 0 Å². The highest BCUT2D eigenvalue weighted by atomic mass is 32.9. The Labute approximate surface area is 128 Å². The van der Waals surface area contributed by atoms with Crippen LogP contribution in [0.4, 0.5) is 0 Å². The fourth-order valence-electron chi connectivity index (χ4n) is 1.29. The monoisotopic (exact) mass is 343 g/mol. The molecule has 1 amide bonds. The normalized spacial score (nSPS) is 13.2. The van der Waals surface area contributed by atoms with Crippen molar-refractivity contribution in [1.29, 1.82) is 0 Å². The van der Waals surface area contributed by atoms with Crippen LogP contribution in [0.15, 0.2) is 0 Å². The van der Waals surface area contributed by atoms with Crippen LogP contribution in [0, 0.1) is 5.92 Å². The summed E-state index contributed by atoms with van der Waals surface area (Å²) in [5.74, 6) is -1.60. The lowest BCUT2D eigenvalue weighted by Gasteiger charge is -2.21. The summed E-state index contributed by atoms with van der Waals surface area (Å²) in [5, 5.41) is 11.5. The second-order valence-electron chi connectivity index (χ2n) is 4.18. The fourth-order valence-corrected chi connectivity index (χ4v) is 5.52. The zero-order chi connectivity index (χ0) is 15.8.